The molecule has 2 aromatic heterocycles. The molecule has 1 aliphatic heterocycles. The van der Waals surface area contributed by atoms with Crippen molar-refractivity contribution in [3.05, 3.63) is 77.6 Å². The van der Waals surface area contributed by atoms with E-state index in [1.54, 1.807) is 0 Å². The zero-order valence-corrected chi connectivity index (χ0v) is 15.1. The molecule has 0 aliphatic carbocycles. The van der Waals surface area contributed by atoms with E-state index in [0.717, 1.165) is 63.5 Å². The van der Waals surface area contributed by atoms with Gasteiger partial charge in [-0.3, -0.25) is 4.98 Å². The van der Waals surface area contributed by atoms with Crippen LogP contribution in [0.15, 0.2) is 54.9 Å². The molecule has 0 amide bonds. The molecule has 3 heterocycles. The van der Waals surface area contributed by atoms with Crippen LogP contribution in [0.3, 0.4) is 0 Å². The van der Waals surface area contributed by atoms with Crippen LogP contribution in [0.25, 0.3) is 0 Å². The van der Waals surface area contributed by atoms with Crippen LogP contribution in [0.1, 0.15) is 22.8 Å². The van der Waals surface area contributed by atoms with Gasteiger partial charge in [-0.25, -0.2) is 9.67 Å². The van der Waals surface area contributed by atoms with Crippen LogP contribution >= 0.6 is 0 Å². The summed E-state index contributed by atoms with van der Waals surface area (Å²) in [4.78, 5) is 11.5. The Kier molecular flexibility index (Phi) is 5.36. The Labute approximate surface area is 154 Å². The Morgan fingerprint density at radius 2 is 1.73 bits per heavy atom. The van der Waals surface area contributed by atoms with Crippen LogP contribution in [0.2, 0.25) is 0 Å². The first kappa shape index (κ1) is 16.9. The Hall–Kier alpha value is -2.53. The fourth-order valence-electron chi connectivity index (χ4n) is 3.46. The third-order valence-corrected chi connectivity index (χ3v) is 4.99. The molecule has 5 heteroatoms. The van der Waals surface area contributed by atoms with Crippen LogP contribution in [-0.2, 0) is 32.2 Å². The molecular formula is C21H25N5. The van der Waals surface area contributed by atoms with Crippen LogP contribution < -0.4 is 0 Å². The Bertz CT molecular complexity index is 787. The first-order valence-electron chi connectivity index (χ1n) is 9.44. The SMILES string of the molecule is c1ccc(CCc2nc3n(n2)CCN(CCc2cccnc2)CC3)cc1. The second-order valence-electron chi connectivity index (χ2n) is 6.86. The number of aryl methyl sites for hydroxylation is 2. The van der Waals surface area contributed by atoms with Crippen molar-refractivity contribution in [1.82, 2.24) is 24.6 Å². The summed E-state index contributed by atoms with van der Waals surface area (Å²) < 4.78 is 2.12. The zero-order chi connectivity index (χ0) is 17.6. The number of benzene rings is 1. The van der Waals surface area contributed by atoms with Crippen molar-refractivity contribution in [3.8, 4) is 0 Å². The minimum atomic E-state index is 0.911. The van der Waals surface area contributed by atoms with E-state index in [1.807, 2.05) is 18.5 Å². The normalized spacial score (nSPS) is 14.8. The number of pyridine rings is 1. The number of hydrogen-bond donors (Lipinski definition) is 0. The molecule has 0 bridgehead atoms. The largest absolute Gasteiger partial charge is 0.301 e. The first-order chi connectivity index (χ1) is 12.9. The monoisotopic (exact) mass is 347 g/mol. The average molecular weight is 347 g/mol. The van der Waals surface area contributed by atoms with Crippen LogP contribution in [0.5, 0.6) is 0 Å². The Morgan fingerprint density at radius 3 is 2.58 bits per heavy atom. The summed E-state index contributed by atoms with van der Waals surface area (Å²) in [5.41, 5.74) is 2.65. The molecule has 0 saturated carbocycles. The number of fused-ring (bicyclic) bond motifs is 1. The fourth-order valence-corrected chi connectivity index (χ4v) is 3.46. The van der Waals surface area contributed by atoms with Gasteiger partial charge in [-0.1, -0.05) is 36.4 Å². The summed E-state index contributed by atoms with van der Waals surface area (Å²) in [6.45, 7) is 4.09. The Balaban J connectivity index is 1.29. The number of nitrogens with zero attached hydrogens (tertiary/aromatic N) is 5. The molecule has 1 aliphatic rings. The minimum Gasteiger partial charge on any atom is -0.301 e. The van der Waals surface area contributed by atoms with E-state index in [1.165, 1.54) is 11.1 Å². The van der Waals surface area contributed by atoms with Gasteiger partial charge in [-0.2, -0.15) is 5.10 Å². The van der Waals surface area contributed by atoms with Crippen molar-refractivity contribution in [3.63, 3.8) is 0 Å². The van der Waals surface area contributed by atoms with Gasteiger partial charge in [0, 0.05) is 44.9 Å². The highest BCUT2D eigenvalue weighted by atomic mass is 15.4. The van der Waals surface area contributed by atoms with Gasteiger partial charge in [0.25, 0.3) is 0 Å². The standard InChI is InChI=1S/C21H25N5/c1-2-5-18(6-3-1)8-9-20-23-21-11-14-25(15-16-26(21)24-20)13-10-19-7-4-12-22-17-19/h1-7,12,17H,8-11,13-16H2. The van der Waals surface area contributed by atoms with Crippen molar-refractivity contribution in [2.75, 3.05) is 19.6 Å². The van der Waals surface area contributed by atoms with Crippen LogP contribution in [-0.4, -0.2) is 44.3 Å². The second kappa shape index (κ2) is 8.23. The molecule has 0 atom stereocenters. The minimum absolute atomic E-state index is 0.911. The summed E-state index contributed by atoms with van der Waals surface area (Å²) in [7, 11) is 0. The number of aromatic nitrogens is 4. The quantitative estimate of drug-likeness (QED) is 0.688. The lowest BCUT2D eigenvalue weighted by Gasteiger charge is -2.19. The lowest BCUT2D eigenvalue weighted by Crippen LogP contribution is -2.29. The van der Waals surface area contributed by atoms with Crippen LogP contribution in [0.4, 0.5) is 0 Å². The van der Waals surface area contributed by atoms with Crippen molar-refractivity contribution in [1.29, 1.82) is 0 Å². The summed E-state index contributed by atoms with van der Waals surface area (Å²) in [6, 6.07) is 14.7. The predicted octanol–water partition coefficient (Wildman–Crippen LogP) is 2.56. The van der Waals surface area contributed by atoms with Crippen molar-refractivity contribution in [2.45, 2.75) is 32.2 Å². The maximum absolute atomic E-state index is 4.79. The third kappa shape index (κ3) is 4.35. The van der Waals surface area contributed by atoms with Gasteiger partial charge in [-0.15, -0.1) is 0 Å². The van der Waals surface area contributed by atoms with Gasteiger partial charge < -0.3 is 4.90 Å². The third-order valence-electron chi connectivity index (χ3n) is 4.99. The molecule has 0 unspecified atom stereocenters. The molecular weight excluding hydrogens is 322 g/mol. The van der Waals surface area contributed by atoms with Crippen molar-refractivity contribution in [2.24, 2.45) is 0 Å². The Morgan fingerprint density at radius 1 is 0.846 bits per heavy atom. The molecule has 0 radical (unpaired) electrons. The molecule has 0 N–H and O–H groups in total. The van der Waals surface area contributed by atoms with E-state index in [9.17, 15) is 0 Å². The number of hydrogen-bond acceptors (Lipinski definition) is 4. The van der Waals surface area contributed by atoms with Gasteiger partial charge in [-0.05, 0) is 30.0 Å². The molecule has 0 spiro atoms. The van der Waals surface area contributed by atoms with Gasteiger partial charge in [0.2, 0.25) is 0 Å². The van der Waals surface area contributed by atoms with Crippen molar-refractivity contribution < 1.29 is 0 Å². The molecule has 1 aromatic carbocycles. The highest BCUT2D eigenvalue weighted by molar-refractivity contribution is 5.15. The molecule has 0 fully saturated rings. The summed E-state index contributed by atoms with van der Waals surface area (Å²) in [5, 5.41) is 4.75. The molecule has 134 valence electrons. The summed E-state index contributed by atoms with van der Waals surface area (Å²) in [6.07, 6.45) is 7.73. The van der Waals surface area contributed by atoms with E-state index in [4.69, 9.17) is 10.1 Å². The topological polar surface area (TPSA) is 46.8 Å². The maximum atomic E-state index is 4.79. The second-order valence-corrected chi connectivity index (χ2v) is 6.86. The zero-order valence-electron chi connectivity index (χ0n) is 15.1. The van der Waals surface area contributed by atoms with Gasteiger partial charge >= 0.3 is 0 Å². The van der Waals surface area contributed by atoms with E-state index < -0.39 is 0 Å². The van der Waals surface area contributed by atoms with E-state index in [0.29, 0.717) is 0 Å². The van der Waals surface area contributed by atoms with E-state index in [2.05, 4.69) is 51.0 Å². The maximum Gasteiger partial charge on any atom is 0.151 e. The van der Waals surface area contributed by atoms with Crippen LogP contribution in [0, 0.1) is 0 Å². The smallest absolute Gasteiger partial charge is 0.151 e. The van der Waals surface area contributed by atoms with Gasteiger partial charge in [0.15, 0.2) is 5.82 Å². The molecule has 26 heavy (non-hydrogen) atoms. The lowest BCUT2D eigenvalue weighted by atomic mass is 10.1. The first-order valence-corrected chi connectivity index (χ1v) is 9.44. The van der Waals surface area contributed by atoms with Crippen molar-refractivity contribution >= 4 is 0 Å². The fraction of sp³-hybridized carbons (Fsp3) is 0.381. The molecule has 3 aromatic rings. The summed E-state index contributed by atoms with van der Waals surface area (Å²) in [5.74, 6) is 2.12. The number of rotatable bonds is 6. The van der Waals surface area contributed by atoms with Gasteiger partial charge in [0.05, 0.1) is 6.54 Å². The van der Waals surface area contributed by atoms with E-state index in [-0.39, 0.29) is 0 Å². The lowest BCUT2D eigenvalue weighted by molar-refractivity contribution is 0.280. The molecule has 4 rings (SSSR count). The highest BCUT2D eigenvalue weighted by Crippen LogP contribution is 2.10. The summed E-state index contributed by atoms with van der Waals surface area (Å²) >= 11 is 0. The molecule has 5 nitrogen and oxygen atoms in total. The van der Waals surface area contributed by atoms with E-state index >= 15 is 0 Å². The average Bonchev–Trinajstić information content (AvgIpc) is 3.00. The molecule has 0 saturated heterocycles. The predicted molar refractivity (Wildman–Crippen MR) is 102 cm³/mol. The highest BCUT2D eigenvalue weighted by Gasteiger charge is 2.17. The van der Waals surface area contributed by atoms with Gasteiger partial charge in [0.1, 0.15) is 5.82 Å².